The van der Waals surface area contributed by atoms with Gasteiger partial charge in [0.05, 0.1) is 12.5 Å². The predicted octanol–water partition coefficient (Wildman–Crippen LogP) is 1.23. The van der Waals surface area contributed by atoms with E-state index in [9.17, 15) is 18.4 Å². The molecule has 1 rings (SSSR count). The van der Waals surface area contributed by atoms with Crippen LogP contribution in [0, 0.1) is 11.6 Å². The average molecular weight is 229 g/mol. The lowest BCUT2D eigenvalue weighted by molar-refractivity contribution is -0.137. The Morgan fingerprint density at radius 1 is 1.50 bits per heavy atom. The molecule has 0 unspecified atom stereocenters. The van der Waals surface area contributed by atoms with Gasteiger partial charge >= 0.3 is 5.97 Å². The second-order valence-corrected chi connectivity index (χ2v) is 3.08. The summed E-state index contributed by atoms with van der Waals surface area (Å²) in [6.45, 7) is 0. The molecule has 1 aromatic carbocycles. The average Bonchev–Trinajstić information content (AvgIpc) is 2.21. The van der Waals surface area contributed by atoms with Crippen molar-refractivity contribution in [3.63, 3.8) is 0 Å². The summed E-state index contributed by atoms with van der Waals surface area (Å²) < 4.78 is 26.2. The SMILES string of the molecule is O=CN[C@@H](CC(=O)O)c1cccc(F)c1F. The number of benzene rings is 1. The van der Waals surface area contributed by atoms with E-state index in [2.05, 4.69) is 5.32 Å². The van der Waals surface area contributed by atoms with E-state index in [1.54, 1.807) is 0 Å². The highest BCUT2D eigenvalue weighted by Crippen LogP contribution is 2.21. The Morgan fingerprint density at radius 2 is 2.19 bits per heavy atom. The smallest absolute Gasteiger partial charge is 0.305 e. The Balaban J connectivity index is 3.04. The Hall–Kier alpha value is -1.98. The Labute approximate surface area is 89.9 Å². The second kappa shape index (κ2) is 5.20. The number of hydrogen-bond acceptors (Lipinski definition) is 2. The van der Waals surface area contributed by atoms with Crippen molar-refractivity contribution in [1.82, 2.24) is 5.32 Å². The molecule has 0 spiro atoms. The van der Waals surface area contributed by atoms with Gasteiger partial charge in [-0.05, 0) is 6.07 Å². The molecule has 0 saturated heterocycles. The van der Waals surface area contributed by atoms with Crippen LogP contribution in [0.5, 0.6) is 0 Å². The standard InChI is InChI=1S/C10H9F2NO3/c11-7-3-1-2-6(10(7)12)8(13-5-14)4-9(15)16/h1-3,5,8H,4H2,(H,13,14)(H,15,16)/t8-/m0/s1. The minimum atomic E-state index is -1.22. The molecule has 0 aromatic heterocycles. The van der Waals surface area contributed by atoms with E-state index in [0.29, 0.717) is 0 Å². The van der Waals surface area contributed by atoms with Crippen LogP contribution >= 0.6 is 0 Å². The van der Waals surface area contributed by atoms with E-state index in [4.69, 9.17) is 5.11 Å². The second-order valence-electron chi connectivity index (χ2n) is 3.08. The van der Waals surface area contributed by atoms with E-state index in [1.165, 1.54) is 12.1 Å². The van der Waals surface area contributed by atoms with E-state index < -0.39 is 30.1 Å². The molecule has 1 atom stereocenters. The zero-order valence-corrected chi connectivity index (χ0v) is 8.11. The van der Waals surface area contributed by atoms with Crippen molar-refractivity contribution >= 4 is 12.4 Å². The van der Waals surface area contributed by atoms with Gasteiger partial charge in [0.15, 0.2) is 11.6 Å². The van der Waals surface area contributed by atoms with Crippen LogP contribution in [0.1, 0.15) is 18.0 Å². The van der Waals surface area contributed by atoms with Gasteiger partial charge in [-0.3, -0.25) is 9.59 Å². The quantitative estimate of drug-likeness (QED) is 0.746. The fourth-order valence-corrected chi connectivity index (χ4v) is 1.31. The maximum absolute atomic E-state index is 13.3. The molecule has 0 saturated carbocycles. The van der Waals surface area contributed by atoms with Crippen LogP contribution in [-0.2, 0) is 9.59 Å². The topological polar surface area (TPSA) is 66.4 Å². The first-order chi connectivity index (χ1) is 7.56. The minimum absolute atomic E-state index is 0.186. The van der Waals surface area contributed by atoms with Crippen molar-refractivity contribution in [2.45, 2.75) is 12.5 Å². The fraction of sp³-hybridized carbons (Fsp3) is 0.200. The molecule has 0 bridgehead atoms. The summed E-state index contributed by atoms with van der Waals surface area (Å²) in [6.07, 6.45) is -0.267. The number of rotatable bonds is 5. The van der Waals surface area contributed by atoms with Crippen LogP contribution in [0.3, 0.4) is 0 Å². The van der Waals surface area contributed by atoms with Gasteiger partial charge in [-0.25, -0.2) is 8.78 Å². The predicted molar refractivity (Wildman–Crippen MR) is 50.6 cm³/mol. The molecule has 0 radical (unpaired) electrons. The maximum atomic E-state index is 13.3. The lowest BCUT2D eigenvalue weighted by atomic mass is 10.0. The highest BCUT2D eigenvalue weighted by atomic mass is 19.2. The highest BCUT2D eigenvalue weighted by Gasteiger charge is 2.20. The summed E-state index contributed by atoms with van der Waals surface area (Å²) in [4.78, 5) is 20.7. The van der Waals surface area contributed by atoms with Gasteiger partial charge in [-0.15, -0.1) is 0 Å². The number of aliphatic carboxylic acids is 1. The van der Waals surface area contributed by atoms with Crippen LogP contribution in [0.4, 0.5) is 8.78 Å². The number of nitrogens with one attached hydrogen (secondary N) is 1. The molecule has 6 heteroatoms. The molecule has 0 aliphatic rings. The first-order valence-corrected chi connectivity index (χ1v) is 4.41. The molecule has 0 aliphatic heterocycles. The first kappa shape index (κ1) is 12.1. The van der Waals surface area contributed by atoms with Crippen molar-refractivity contribution < 1.29 is 23.5 Å². The normalized spacial score (nSPS) is 11.9. The summed E-state index contributed by atoms with van der Waals surface area (Å²) in [7, 11) is 0. The van der Waals surface area contributed by atoms with Crippen molar-refractivity contribution in [1.29, 1.82) is 0 Å². The summed E-state index contributed by atoms with van der Waals surface area (Å²) >= 11 is 0. The molecular formula is C10H9F2NO3. The van der Waals surface area contributed by atoms with E-state index >= 15 is 0 Å². The number of carboxylic acids is 1. The third-order valence-corrected chi connectivity index (χ3v) is 2.00. The molecule has 0 aliphatic carbocycles. The number of halogens is 2. The summed E-state index contributed by atoms with van der Waals surface area (Å²) in [5.74, 6) is -3.45. The third-order valence-electron chi connectivity index (χ3n) is 2.00. The van der Waals surface area contributed by atoms with E-state index in [-0.39, 0.29) is 12.0 Å². The van der Waals surface area contributed by atoms with E-state index in [1.807, 2.05) is 0 Å². The fourth-order valence-electron chi connectivity index (χ4n) is 1.31. The Kier molecular flexibility index (Phi) is 3.93. The van der Waals surface area contributed by atoms with Gasteiger partial charge in [-0.2, -0.15) is 0 Å². The number of amides is 1. The van der Waals surface area contributed by atoms with Crippen LogP contribution in [0.2, 0.25) is 0 Å². The van der Waals surface area contributed by atoms with Gasteiger partial charge < -0.3 is 10.4 Å². The van der Waals surface area contributed by atoms with Gasteiger partial charge in [0.2, 0.25) is 6.41 Å². The number of carboxylic acid groups (broad SMARTS) is 1. The van der Waals surface area contributed by atoms with Crippen molar-refractivity contribution in [2.24, 2.45) is 0 Å². The third kappa shape index (κ3) is 2.75. The largest absolute Gasteiger partial charge is 0.481 e. The molecule has 16 heavy (non-hydrogen) atoms. The summed E-state index contributed by atoms with van der Waals surface area (Å²) in [6, 6.07) is 2.31. The van der Waals surface area contributed by atoms with Crippen molar-refractivity contribution in [2.75, 3.05) is 0 Å². The zero-order chi connectivity index (χ0) is 12.1. The molecule has 1 amide bonds. The highest BCUT2D eigenvalue weighted by molar-refractivity contribution is 5.68. The van der Waals surface area contributed by atoms with E-state index in [0.717, 1.165) is 6.07 Å². The lowest BCUT2D eigenvalue weighted by Gasteiger charge is -2.15. The molecule has 1 aromatic rings. The monoisotopic (exact) mass is 229 g/mol. The van der Waals surface area contributed by atoms with Crippen LogP contribution in [-0.4, -0.2) is 17.5 Å². The van der Waals surface area contributed by atoms with Crippen LogP contribution in [0.15, 0.2) is 18.2 Å². The maximum Gasteiger partial charge on any atom is 0.305 e. The number of carbonyl (C=O) groups is 2. The summed E-state index contributed by atoms with van der Waals surface area (Å²) in [5, 5.41) is 10.7. The molecule has 0 heterocycles. The molecular weight excluding hydrogens is 220 g/mol. The van der Waals surface area contributed by atoms with Gasteiger partial charge in [0, 0.05) is 5.56 Å². The zero-order valence-electron chi connectivity index (χ0n) is 8.11. The number of carbonyl (C=O) groups excluding carboxylic acids is 1. The Bertz CT molecular complexity index is 409. The first-order valence-electron chi connectivity index (χ1n) is 4.41. The molecule has 86 valence electrons. The summed E-state index contributed by atoms with van der Waals surface area (Å²) in [5.41, 5.74) is -0.186. The number of hydrogen-bond donors (Lipinski definition) is 2. The van der Waals surface area contributed by atoms with Gasteiger partial charge in [0.1, 0.15) is 0 Å². The van der Waals surface area contributed by atoms with Gasteiger partial charge in [-0.1, -0.05) is 12.1 Å². The molecule has 0 fully saturated rings. The van der Waals surface area contributed by atoms with Crippen molar-refractivity contribution in [3.05, 3.63) is 35.4 Å². The van der Waals surface area contributed by atoms with Crippen molar-refractivity contribution in [3.8, 4) is 0 Å². The van der Waals surface area contributed by atoms with Crippen LogP contribution < -0.4 is 5.32 Å². The van der Waals surface area contributed by atoms with Gasteiger partial charge in [0.25, 0.3) is 0 Å². The Morgan fingerprint density at radius 3 is 2.75 bits per heavy atom. The minimum Gasteiger partial charge on any atom is -0.481 e. The van der Waals surface area contributed by atoms with Crippen LogP contribution in [0.25, 0.3) is 0 Å². The molecule has 2 N–H and O–H groups in total. The lowest BCUT2D eigenvalue weighted by Crippen LogP contribution is -2.23. The molecule has 4 nitrogen and oxygen atoms in total.